The second-order valence-corrected chi connectivity index (χ2v) is 5.30. The van der Waals surface area contributed by atoms with E-state index in [4.69, 9.17) is 0 Å². The zero-order valence-corrected chi connectivity index (χ0v) is 12.4. The third kappa shape index (κ3) is 4.80. The fourth-order valence-corrected chi connectivity index (χ4v) is 2.54. The summed E-state index contributed by atoms with van der Waals surface area (Å²) in [6, 6.07) is 8.99. The highest BCUT2D eigenvalue weighted by atomic mass is 19.4. The van der Waals surface area contributed by atoms with Gasteiger partial charge in [0.05, 0.1) is 6.54 Å². The molecule has 0 spiro atoms. The normalized spacial score (nSPS) is 15.7. The average Bonchev–Trinajstić information content (AvgIpc) is 2.36. The molecule has 0 saturated carbocycles. The lowest BCUT2D eigenvalue weighted by Gasteiger charge is -2.38. The van der Waals surface area contributed by atoms with Crippen molar-refractivity contribution in [3.8, 4) is 0 Å². The van der Waals surface area contributed by atoms with E-state index >= 15 is 0 Å². The molecule has 0 aliphatic heterocycles. The van der Waals surface area contributed by atoms with Crippen LogP contribution in [0.5, 0.6) is 0 Å². The molecule has 2 atom stereocenters. The molecule has 1 aromatic carbocycles. The first-order chi connectivity index (χ1) is 9.26. The highest BCUT2D eigenvalue weighted by Crippen LogP contribution is 2.26. The lowest BCUT2D eigenvalue weighted by atomic mass is 9.98. The summed E-state index contributed by atoms with van der Waals surface area (Å²) in [4.78, 5) is 1.48. The van der Waals surface area contributed by atoms with E-state index in [1.54, 1.807) is 20.9 Å². The van der Waals surface area contributed by atoms with E-state index in [1.807, 2.05) is 37.3 Å². The van der Waals surface area contributed by atoms with Crippen molar-refractivity contribution in [2.24, 2.45) is 0 Å². The molecule has 2 unspecified atom stereocenters. The maximum absolute atomic E-state index is 12.7. The van der Waals surface area contributed by atoms with Gasteiger partial charge in [-0.15, -0.1) is 0 Å². The van der Waals surface area contributed by atoms with Crippen LogP contribution < -0.4 is 5.32 Å². The lowest BCUT2D eigenvalue weighted by molar-refractivity contribution is -0.155. The topological polar surface area (TPSA) is 15.3 Å². The van der Waals surface area contributed by atoms with Gasteiger partial charge in [0.1, 0.15) is 0 Å². The summed E-state index contributed by atoms with van der Waals surface area (Å²) in [6.45, 7) is 4.52. The monoisotopic (exact) mass is 288 g/mol. The SMILES string of the molecule is CNC(c1ccccc1)C(C)N(CC(F)(F)F)C(C)C. The smallest absolute Gasteiger partial charge is 0.312 e. The fraction of sp³-hybridized carbons (Fsp3) is 0.600. The third-order valence-electron chi connectivity index (χ3n) is 3.50. The molecule has 1 N–H and O–H groups in total. The molecule has 0 aliphatic carbocycles. The Bertz CT molecular complexity index is 390. The van der Waals surface area contributed by atoms with Crippen molar-refractivity contribution in [2.75, 3.05) is 13.6 Å². The van der Waals surface area contributed by atoms with E-state index in [9.17, 15) is 13.2 Å². The van der Waals surface area contributed by atoms with Crippen molar-refractivity contribution in [2.45, 2.75) is 45.1 Å². The lowest BCUT2D eigenvalue weighted by Crippen LogP contribution is -2.49. The van der Waals surface area contributed by atoms with Gasteiger partial charge in [-0.1, -0.05) is 30.3 Å². The molecule has 5 heteroatoms. The number of benzene rings is 1. The van der Waals surface area contributed by atoms with Crippen molar-refractivity contribution in [1.82, 2.24) is 10.2 Å². The summed E-state index contributed by atoms with van der Waals surface area (Å²) in [5.41, 5.74) is 0.996. The van der Waals surface area contributed by atoms with Crippen molar-refractivity contribution in [3.63, 3.8) is 0 Å². The molecule has 114 valence electrons. The van der Waals surface area contributed by atoms with Gasteiger partial charge in [0, 0.05) is 18.1 Å². The zero-order valence-electron chi connectivity index (χ0n) is 12.4. The number of nitrogens with one attached hydrogen (secondary N) is 1. The number of halogens is 3. The summed E-state index contributed by atoms with van der Waals surface area (Å²) in [5.74, 6) is 0. The summed E-state index contributed by atoms with van der Waals surface area (Å²) in [5, 5.41) is 3.13. The van der Waals surface area contributed by atoms with Gasteiger partial charge in [-0.25, -0.2) is 0 Å². The standard InChI is InChI=1S/C15H23F3N2/c1-11(2)20(10-15(16,17)18)12(3)14(19-4)13-8-6-5-7-9-13/h5-9,11-12,14,19H,10H2,1-4H3. The van der Waals surface area contributed by atoms with E-state index in [2.05, 4.69) is 5.32 Å². The zero-order chi connectivity index (χ0) is 15.3. The van der Waals surface area contributed by atoms with Gasteiger partial charge in [-0.2, -0.15) is 13.2 Å². The molecule has 20 heavy (non-hydrogen) atoms. The maximum atomic E-state index is 12.7. The Kier molecular flexibility index (Phi) is 6.02. The van der Waals surface area contributed by atoms with E-state index in [0.29, 0.717) is 0 Å². The van der Waals surface area contributed by atoms with E-state index < -0.39 is 12.7 Å². The predicted molar refractivity (Wildman–Crippen MR) is 75.6 cm³/mol. The number of rotatable bonds is 6. The van der Waals surface area contributed by atoms with Gasteiger partial charge in [0.25, 0.3) is 0 Å². The minimum atomic E-state index is -4.19. The summed E-state index contributed by atoms with van der Waals surface area (Å²) in [7, 11) is 1.78. The third-order valence-corrected chi connectivity index (χ3v) is 3.50. The quantitative estimate of drug-likeness (QED) is 0.860. The predicted octanol–water partition coefficient (Wildman–Crippen LogP) is 3.61. The van der Waals surface area contributed by atoms with Crippen LogP contribution in [-0.2, 0) is 0 Å². The molecule has 1 aromatic rings. The van der Waals surface area contributed by atoms with Gasteiger partial charge in [0.2, 0.25) is 0 Å². The van der Waals surface area contributed by atoms with E-state index in [-0.39, 0.29) is 18.1 Å². The maximum Gasteiger partial charge on any atom is 0.401 e. The number of nitrogens with zero attached hydrogens (tertiary/aromatic N) is 1. The van der Waals surface area contributed by atoms with Gasteiger partial charge in [0.15, 0.2) is 0 Å². The molecule has 2 nitrogen and oxygen atoms in total. The Hall–Kier alpha value is -1.07. The van der Waals surface area contributed by atoms with Crippen LogP contribution in [0.2, 0.25) is 0 Å². The molecule has 0 aliphatic rings. The van der Waals surface area contributed by atoms with E-state index in [1.165, 1.54) is 4.90 Å². The molecule has 0 radical (unpaired) electrons. The van der Waals surface area contributed by atoms with Crippen LogP contribution in [-0.4, -0.2) is 36.8 Å². The Labute approximate surface area is 119 Å². The highest BCUT2D eigenvalue weighted by molar-refractivity contribution is 5.20. The van der Waals surface area contributed by atoms with Crippen molar-refractivity contribution < 1.29 is 13.2 Å². The molecule has 0 amide bonds. The number of likely N-dealkylation sites (N-methyl/N-ethyl adjacent to an activating group) is 1. The fourth-order valence-electron chi connectivity index (χ4n) is 2.54. The van der Waals surface area contributed by atoms with Crippen molar-refractivity contribution in [1.29, 1.82) is 0 Å². The Morgan fingerprint density at radius 1 is 1.10 bits per heavy atom. The highest BCUT2D eigenvalue weighted by Gasteiger charge is 2.36. The van der Waals surface area contributed by atoms with Gasteiger partial charge < -0.3 is 5.32 Å². The van der Waals surface area contributed by atoms with Gasteiger partial charge in [-0.3, -0.25) is 4.90 Å². The van der Waals surface area contributed by atoms with Crippen LogP contribution >= 0.6 is 0 Å². The Morgan fingerprint density at radius 3 is 2.05 bits per heavy atom. The molecule has 0 bridgehead atoms. The van der Waals surface area contributed by atoms with Gasteiger partial charge >= 0.3 is 6.18 Å². The number of hydrogen-bond donors (Lipinski definition) is 1. The molecular formula is C15H23F3N2. The van der Waals surface area contributed by atoms with Crippen LogP contribution in [0.25, 0.3) is 0 Å². The molecule has 0 saturated heterocycles. The Morgan fingerprint density at radius 2 is 1.65 bits per heavy atom. The first-order valence-electron chi connectivity index (χ1n) is 6.81. The minimum Gasteiger partial charge on any atom is -0.312 e. The van der Waals surface area contributed by atoms with E-state index in [0.717, 1.165) is 5.56 Å². The molecule has 0 heterocycles. The van der Waals surface area contributed by atoms with Gasteiger partial charge in [-0.05, 0) is 33.4 Å². The first kappa shape index (κ1) is 17.0. The summed E-state index contributed by atoms with van der Waals surface area (Å²) in [6.07, 6.45) is -4.19. The second-order valence-electron chi connectivity index (χ2n) is 5.30. The second kappa shape index (κ2) is 7.09. The average molecular weight is 288 g/mol. The van der Waals surface area contributed by atoms with Crippen LogP contribution in [0, 0.1) is 0 Å². The van der Waals surface area contributed by atoms with Crippen molar-refractivity contribution in [3.05, 3.63) is 35.9 Å². The number of hydrogen-bond acceptors (Lipinski definition) is 2. The molecular weight excluding hydrogens is 265 g/mol. The molecule has 0 fully saturated rings. The molecule has 1 rings (SSSR count). The summed E-state index contributed by atoms with van der Waals surface area (Å²) < 4.78 is 38.2. The van der Waals surface area contributed by atoms with Crippen molar-refractivity contribution >= 4 is 0 Å². The van der Waals surface area contributed by atoms with Crippen LogP contribution in [0.15, 0.2) is 30.3 Å². The number of alkyl halides is 3. The van der Waals surface area contributed by atoms with Crippen LogP contribution in [0.3, 0.4) is 0 Å². The molecule has 0 aromatic heterocycles. The van der Waals surface area contributed by atoms with Crippen LogP contribution in [0.4, 0.5) is 13.2 Å². The van der Waals surface area contributed by atoms with Crippen LogP contribution in [0.1, 0.15) is 32.4 Å². The Balaban J connectivity index is 2.94. The summed E-state index contributed by atoms with van der Waals surface area (Å²) >= 11 is 0. The first-order valence-corrected chi connectivity index (χ1v) is 6.81. The largest absolute Gasteiger partial charge is 0.401 e. The minimum absolute atomic E-state index is 0.138.